The summed E-state index contributed by atoms with van der Waals surface area (Å²) in [6.45, 7) is 7.11. The minimum absolute atomic E-state index is 0.0748. The molecule has 1 aromatic carbocycles. The number of allylic oxidation sites excluding steroid dienone is 2. The molecule has 1 amide bonds. The highest BCUT2D eigenvalue weighted by atomic mass is 16.5. The summed E-state index contributed by atoms with van der Waals surface area (Å²) in [6, 6.07) is 2.41. The molecule has 0 spiro atoms. The van der Waals surface area contributed by atoms with E-state index in [2.05, 4.69) is 24.4 Å². The molecule has 43 heavy (non-hydrogen) atoms. The molecule has 0 aromatic heterocycles. The van der Waals surface area contributed by atoms with Crippen molar-refractivity contribution in [2.45, 2.75) is 142 Å². The number of ketones is 2. The van der Waals surface area contributed by atoms with Crippen LogP contribution in [0.2, 0.25) is 0 Å². The number of unbranched alkanes of at least 4 members (excludes halogenated alkanes) is 11. The lowest BCUT2D eigenvalue weighted by Crippen LogP contribution is -2.39. The molecule has 240 valence electrons. The number of carbonyl (C=O) groups is 4. The summed E-state index contributed by atoms with van der Waals surface area (Å²) in [4.78, 5) is 49.9. The smallest absolute Gasteiger partial charge is 0.305 e. The molecule has 0 saturated heterocycles. The highest BCUT2D eigenvalue weighted by Gasteiger charge is 2.35. The number of Topliss-reactive ketones (excluding diaryl/α,β-unsaturated/α-hetero) is 2. The van der Waals surface area contributed by atoms with Gasteiger partial charge in [-0.3, -0.25) is 19.2 Å². The Labute approximate surface area is 258 Å². The topological polar surface area (TPSA) is 125 Å². The number of benzene rings is 1. The van der Waals surface area contributed by atoms with Crippen molar-refractivity contribution in [2.24, 2.45) is 0 Å². The Morgan fingerprint density at radius 2 is 1.58 bits per heavy atom. The van der Waals surface area contributed by atoms with Crippen LogP contribution in [-0.4, -0.2) is 41.7 Å². The van der Waals surface area contributed by atoms with E-state index in [0.29, 0.717) is 12.2 Å². The van der Waals surface area contributed by atoms with Gasteiger partial charge in [-0.1, -0.05) is 70.4 Å². The standard InChI is InChI=1S/C35H54N2O6/c1-5-6-7-8-9-10-11-12-13-14-15-16-17-18-19-20-32(41)42-25-27(37-26(2)38)23-29(39)28-21-22-31-33(34(28)36)30(40)24-35(3,4)43-31/h12-13,21-22,27H,5-11,14-20,23-25,36H2,1-4H3,(H,37,38)/b13-12+. The Morgan fingerprint density at radius 3 is 2.21 bits per heavy atom. The number of nitrogen functional groups attached to an aromatic ring is 1. The van der Waals surface area contributed by atoms with Crippen molar-refractivity contribution in [3.63, 3.8) is 0 Å². The zero-order valence-corrected chi connectivity index (χ0v) is 26.9. The number of nitrogens with two attached hydrogens (primary N) is 1. The van der Waals surface area contributed by atoms with Crippen LogP contribution >= 0.6 is 0 Å². The highest BCUT2D eigenvalue weighted by Crippen LogP contribution is 2.38. The molecule has 1 aromatic rings. The minimum atomic E-state index is -0.704. The average molecular weight is 599 g/mol. The molecule has 0 fully saturated rings. The predicted molar refractivity (Wildman–Crippen MR) is 171 cm³/mol. The summed E-state index contributed by atoms with van der Waals surface area (Å²) in [5.41, 5.74) is 6.06. The number of fused-ring (bicyclic) bond motifs is 1. The number of anilines is 1. The molecule has 3 N–H and O–H groups in total. The van der Waals surface area contributed by atoms with Crippen molar-refractivity contribution in [3.8, 4) is 5.75 Å². The molecule has 8 heteroatoms. The summed E-state index contributed by atoms with van der Waals surface area (Å²) < 4.78 is 11.3. The van der Waals surface area contributed by atoms with Crippen LogP contribution in [0.25, 0.3) is 0 Å². The zero-order valence-electron chi connectivity index (χ0n) is 26.9. The van der Waals surface area contributed by atoms with Crippen LogP contribution in [0.1, 0.15) is 151 Å². The van der Waals surface area contributed by atoms with Crippen LogP contribution in [0.5, 0.6) is 5.75 Å². The lowest BCUT2D eigenvalue weighted by atomic mass is 9.89. The van der Waals surface area contributed by atoms with Crippen molar-refractivity contribution < 1.29 is 28.7 Å². The van der Waals surface area contributed by atoms with Gasteiger partial charge in [0.1, 0.15) is 18.0 Å². The highest BCUT2D eigenvalue weighted by molar-refractivity contribution is 6.11. The Hall–Kier alpha value is -3.16. The number of carbonyl (C=O) groups excluding carboxylic acids is 4. The Bertz CT molecular complexity index is 1090. The van der Waals surface area contributed by atoms with Gasteiger partial charge in [0.2, 0.25) is 5.91 Å². The molecule has 1 aliphatic rings. The van der Waals surface area contributed by atoms with Crippen molar-refractivity contribution >= 4 is 29.1 Å². The summed E-state index contributed by atoms with van der Waals surface area (Å²) in [7, 11) is 0. The van der Waals surface area contributed by atoms with Crippen molar-refractivity contribution in [1.82, 2.24) is 5.32 Å². The maximum absolute atomic E-state index is 13.1. The van der Waals surface area contributed by atoms with Gasteiger partial charge in [0.25, 0.3) is 0 Å². The predicted octanol–water partition coefficient (Wildman–Crippen LogP) is 7.67. The molecule has 0 aliphatic carbocycles. The van der Waals surface area contributed by atoms with Gasteiger partial charge in [-0.2, -0.15) is 0 Å². The van der Waals surface area contributed by atoms with Gasteiger partial charge in [-0.15, -0.1) is 0 Å². The van der Waals surface area contributed by atoms with Crippen molar-refractivity contribution in [1.29, 1.82) is 0 Å². The number of hydrogen-bond acceptors (Lipinski definition) is 7. The van der Waals surface area contributed by atoms with Crippen LogP contribution in [0.15, 0.2) is 24.3 Å². The largest absolute Gasteiger partial charge is 0.487 e. The normalized spacial score (nSPS) is 14.7. The third-order valence-electron chi connectivity index (χ3n) is 7.69. The first-order valence-corrected chi connectivity index (χ1v) is 16.3. The van der Waals surface area contributed by atoms with E-state index < -0.39 is 11.6 Å². The average Bonchev–Trinajstić information content (AvgIpc) is 2.92. The number of hydrogen-bond donors (Lipinski definition) is 2. The van der Waals surface area contributed by atoms with E-state index in [4.69, 9.17) is 15.2 Å². The molecule has 1 aliphatic heterocycles. The molecule has 1 unspecified atom stereocenters. The maximum atomic E-state index is 13.1. The summed E-state index contributed by atoms with van der Waals surface area (Å²) in [6.07, 6.45) is 20.3. The molecular weight excluding hydrogens is 544 g/mol. The van der Waals surface area contributed by atoms with Crippen LogP contribution in [-0.2, 0) is 14.3 Å². The van der Waals surface area contributed by atoms with E-state index in [-0.39, 0.29) is 59.7 Å². The Balaban J connectivity index is 1.68. The lowest BCUT2D eigenvalue weighted by molar-refractivity contribution is -0.145. The minimum Gasteiger partial charge on any atom is -0.487 e. The van der Waals surface area contributed by atoms with Crippen molar-refractivity contribution in [2.75, 3.05) is 12.3 Å². The number of ether oxygens (including phenoxy) is 2. The maximum Gasteiger partial charge on any atom is 0.305 e. The molecule has 0 radical (unpaired) electrons. The number of amides is 1. The van der Waals surface area contributed by atoms with Crippen LogP contribution in [0.3, 0.4) is 0 Å². The second kappa shape index (κ2) is 19.2. The quantitative estimate of drug-likeness (QED) is 0.0489. The second-order valence-electron chi connectivity index (χ2n) is 12.4. The van der Waals surface area contributed by atoms with E-state index >= 15 is 0 Å². The van der Waals surface area contributed by atoms with Crippen LogP contribution < -0.4 is 15.8 Å². The fourth-order valence-corrected chi connectivity index (χ4v) is 5.40. The molecule has 0 saturated carbocycles. The number of esters is 1. The van der Waals surface area contributed by atoms with Crippen molar-refractivity contribution in [3.05, 3.63) is 35.4 Å². The Morgan fingerprint density at radius 1 is 0.977 bits per heavy atom. The van der Waals surface area contributed by atoms with E-state index in [1.54, 1.807) is 6.07 Å². The summed E-state index contributed by atoms with van der Waals surface area (Å²) >= 11 is 0. The van der Waals surface area contributed by atoms with Gasteiger partial charge in [-0.05, 0) is 58.1 Å². The van der Waals surface area contributed by atoms with Gasteiger partial charge >= 0.3 is 5.97 Å². The zero-order chi connectivity index (χ0) is 31.7. The molecule has 1 heterocycles. The first kappa shape index (κ1) is 36.0. The number of nitrogens with one attached hydrogen (secondary N) is 1. The third-order valence-corrected chi connectivity index (χ3v) is 7.69. The van der Waals surface area contributed by atoms with Gasteiger partial charge in [0, 0.05) is 25.3 Å². The molecular formula is C35H54N2O6. The van der Waals surface area contributed by atoms with E-state index in [9.17, 15) is 19.2 Å². The third kappa shape index (κ3) is 13.8. The van der Waals surface area contributed by atoms with Gasteiger partial charge in [-0.25, -0.2) is 0 Å². The molecule has 0 bridgehead atoms. The van der Waals surface area contributed by atoms with E-state index in [1.807, 2.05) is 13.8 Å². The fraction of sp³-hybridized carbons (Fsp3) is 0.657. The van der Waals surface area contributed by atoms with Gasteiger partial charge in [0.05, 0.1) is 23.7 Å². The van der Waals surface area contributed by atoms with E-state index in [1.165, 1.54) is 57.9 Å². The Kier molecular flexibility index (Phi) is 16.1. The van der Waals surface area contributed by atoms with Crippen LogP contribution in [0.4, 0.5) is 5.69 Å². The molecule has 2 rings (SSSR count). The molecule has 1 atom stereocenters. The summed E-state index contributed by atoms with van der Waals surface area (Å²) in [5.74, 6) is -0.862. The van der Waals surface area contributed by atoms with Gasteiger partial charge in [0.15, 0.2) is 11.6 Å². The van der Waals surface area contributed by atoms with E-state index in [0.717, 1.165) is 38.5 Å². The second-order valence-corrected chi connectivity index (χ2v) is 12.4. The SMILES string of the molecule is CCCCCCCC/C=C/CCCCCCCC(=O)OCC(CC(=O)c1ccc2c(c1N)C(=O)CC(C)(C)O2)NC(C)=O. The monoisotopic (exact) mass is 598 g/mol. The fourth-order valence-electron chi connectivity index (χ4n) is 5.40. The first-order chi connectivity index (χ1) is 20.5. The van der Waals surface area contributed by atoms with Crippen LogP contribution in [0, 0.1) is 0 Å². The first-order valence-electron chi connectivity index (χ1n) is 16.3. The lowest BCUT2D eigenvalue weighted by Gasteiger charge is -2.32. The number of rotatable bonds is 21. The van der Waals surface area contributed by atoms with Gasteiger partial charge < -0.3 is 20.5 Å². The molecule has 8 nitrogen and oxygen atoms in total. The summed E-state index contributed by atoms with van der Waals surface area (Å²) in [5, 5.41) is 2.68.